The molecule has 0 fully saturated rings. The molecule has 0 unspecified atom stereocenters. The Hall–Kier alpha value is -3.75. The normalized spacial score (nSPS) is 11.3. The highest BCUT2D eigenvalue weighted by Gasteiger charge is 2.22. The molecule has 0 amide bonds. The molecule has 0 saturated heterocycles. The van der Waals surface area contributed by atoms with E-state index in [0.29, 0.717) is 24.2 Å². The van der Waals surface area contributed by atoms with Gasteiger partial charge in [-0.05, 0) is 48.7 Å². The lowest BCUT2D eigenvalue weighted by Gasteiger charge is -2.11. The van der Waals surface area contributed by atoms with E-state index in [1.165, 1.54) is 24.3 Å². The van der Waals surface area contributed by atoms with Crippen molar-refractivity contribution in [2.24, 2.45) is 5.14 Å². The number of nitrogens with zero attached hydrogens (tertiary/aromatic N) is 2. The molecule has 7 nitrogen and oxygen atoms in total. The number of aryl methyl sites for hydroxylation is 3. The zero-order valence-electron chi connectivity index (χ0n) is 18.0. The average Bonchev–Trinajstić information content (AvgIpc) is 3.23. The number of aromatic nitrogens is 2. The predicted molar refractivity (Wildman–Crippen MR) is 125 cm³/mol. The average molecular weight is 462 g/mol. The van der Waals surface area contributed by atoms with Crippen LogP contribution in [0.2, 0.25) is 0 Å². The van der Waals surface area contributed by atoms with Gasteiger partial charge in [-0.25, -0.2) is 18.4 Å². The molecule has 0 atom stereocenters. The summed E-state index contributed by atoms with van der Waals surface area (Å²) in [5.74, 6) is -0.377. The van der Waals surface area contributed by atoms with Crippen LogP contribution >= 0.6 is 0 Å². The molecule has 8 heteroatoms. The lowest BCUT2D eigenvalue weighted by Crippen LogP contribution is -2.18. The SMILES string of the molecule is Cc1ccc(-c2cnn(CCc3ccccc3)c2C(=O)Oc2ccc(S(N)(=O)=O)cc2)cc1. The van der Waals surface area contributed by atoms with Crippen LogP contribution in [-0.4, -0.2) is 24.2 Å². The van der Waals surface area contributed by atoms with Gasteiger partial charge in [0.1, 0.15) is 5.75 Å². The first-order valence-corrected chi connectivity index (χ1v) is 11.9. The zero-order valence-corrected chi connectivity index (χ0v) is 18.8. The van der Waals surface area contributed by atoms with Gasteiger partial charge in [0, 0.05) is 12.1 Å². The van der Waals surface area contributed by atoms with Crippen molar-refractivity contribution in [2.75, 3.05) is 0 Å². The summed E-state index contributed by atoms with van der Waals surface area (Å²) in [4.78, 5) is 13.2. The highest BCUT2D eigenvalue weighted by atomic mass is 32.2. The van der Waals surface area contributed by atoms with Crippen LogP contribution in [0.1, 0.15) is 21.6 Å². The minimum absolute atomic E-state index is 0.0597. The minimum Gasteiger partial charge on any atom is -0.422 e. The Bertz CT molecular complexity index is 1360. The summed E-state index contributed by atoms with van der Waals surface area (Å²) in [7, 11) is -3.83. The Morgan fingerprint density at radius 3 is 2.27 bits per heavy atom. The van der Waals surface area contributed by atoms with Crippen LogP contribution in [0.15, 0.2) is 90.0 Å². The van der Waals surface area contributed by atoms with Crippen molar-refractivity contribution in [3.05, 3.63) is 102 Å². The van der Waals surface area contributed by atoms with Crippen LogP contribution < -0.4 is 9.88 Å². The number of rotatable bonds is 7. The Kier molecular flexibility index (Phi) is 6.39. The molecule has 0 spiro atoms. The van der Waals surface area contributed by atoms with Crippen LogP contribution in [0.5, 0.6) is 5.75 Å². The van der Waals surface area contributed by atoms with E-state index in [4.69, 9.17) is 9.88 Å². The van der Waals surface area contributed by atoms with Gasteiger partial charge >= 0.3 is 5.97 Å². The topological polar surface area (TPSA) is 104 Å². The van der Waals surface area contributed by atoms with E-state index in [9.17, 15) is 13.2 Å². The number of esters is 1. The van der Waals surface area contributed by atoms with Gasteiger partial charge in [0.15, 0.2) is 5.69 Å². The second-order valence-corrected chi connectivity index (χ2v) is 9.20. The van der Waals surface area contributed by atoms with Crippen LogP contribution in [0.25, 0.3) is 11.1 Å². The molecule has 3 aromatic carbocycles. The van der Waals surface area contributed by atoms with Crippen LogP contribution in [0, 0.1) is 6.92 Å². The van der Waals surface area contributed by atoms with Gasteiger partial charge < -0.3 is 4.74 Å². The summed E-state index contributed by atoms with van der Waals surface area (Å²) in [5, 5.41) is 9.59. The van der Waals surface area contributed by atoms with Crippen molar-refractivity contribution in [1.82, 2.24) is 9.78 Å². The van der Waals surface area contributed by atoms with Gasteiger partial charge in [0.2, 0.25) is 10.0 Å². The Balaban J connectivity index is 1.65. The first-order valence-electron chi connectivity index (χ1n) is 10.3. The Labute approximate surface area is 192 Å². The number of hydrogen-bond acceptors (Lipinski definition) is 5. The molecular weight excluding hydrogens is 438 g/mol. The molecule has 2 N–H and O–H groups in total. The van der Waals surface area contributed by atoms with Crippen molar-refractivity contribution in [1.29, 1.82) is 0 Å². The maximum atomic E-state index is 13.2. The molecule has 0 aliphatic rings. The summed E-state index contributed by atoms with van der Waals surface area (Å²) in [6, 6.07) is 23.1. The van der Waals surface area contributed by atoms with E-state index >= 15 is 0 Å². The molecular formula is C25H23N3O4S. The van der Waals surface area contributed by atoms with Crippen molar-refractivity contribution >= 4 is 16.0 Å². The lowest BCUT2D eigenvalue weighted by molar-refractivity contribution is 0.0722. The van der Waals surface area contributed by atoms with Gasteiger partial charge in [0.25, 0.3) is 0 Å². The largest absolute Gasteiger partial charge is 0.422 e. The molecule has 0 aliphatic carbocycles. The van der Waals surface area contributed by atoms with Gasteiger partial charge in [-0.2, -0.15) is 5.10 Å². The summed E-state index contributed by atoms with van der Waals surface area (Å²) in [5.41, 5.74) is 4.07. The second kappa shape index (κ2) is 9.40. The number of hydrogen-bond donors (Lipinski definition) is 1. The third kappa shape index (κ3) is 5.36. The predicted octanol–water partition coefficient (Wildman–Crippen LogP) is 3.97. The quantitative estimate of drug-likeness (QED) is 0.331. The number of carbonyl (C=O) groups excluding carboxylic acids is 1. The summed E-state index contributed by atoms with van der Waals surface area (Å²) in [6.07, 6.45) is 2.36. The van der Waals surface area contributed by atoms with Gasteiger partial charge in [-0.15, -0.1) is 0 Å². The fraction of sp³-hybridized carbons (Fsp3) is 0.120. The molecule has 168 valence electrons. The highest BCUT2D eigenvalue weighted by Crippen LogP contribution is 2.26. The first kappa shape index (κ1) is 22.4. The van der Waals surface area contributed by atoms with E-state index in [-0.39, 0.29) is 10.6 Å². The smallest absolute Gasteiger partial charge is 0.362 e. The minimum atomic E-state index is -3.83. The molecule has 4 aromatic rings. The van der Waals surface area contributed by atoms with Gasteiger partial charge in [-0.1, -0.05) is 60.2 Å². The maximum absolute atomic E-state index is 13.2. The summed E-state index contributed by atoms with van der Waals surface area (Å²) >= 11 is 0. The number of sulfonamides is 1. The third-order valence-corrected chi connectivity index (χ3v) is 6.14. The van der Waals surface area contributed by atoms with E-state index in [1.807, 2.05) is 61.5 Å². The molecule has 0 radical (unpaired) electrons. The fourth-order valence-corrected chi connectivity index (χ4v) is 3.96. The molecule has 1 aromatic heterocycles. The zero-order chi connectivity index (χ0) is 23.4. The van der Waals surface area contributed by atoms with E-state index < -0.39 is 16.0 Å². The fourth-order valence-electron chi connectivity index (χ4n) is 3.45. The third-order valence-electron chi connectivity index (χ3n) is 5.21. The van der Waals surface area contributed by atoms with Crippen LogP contribution in [-0.2, 0) is 23.0 Å². The van der Waals surface area contributed by atoms with E-state index in [1.54, 1.807) is 10.9 Å². The van der Waals surface area contributed by atoms with Crippen molar-refractivity contribution in [2.45, 2.75) is 24.8 Å². The van der Waals surface area contributed by atoms with E-state index in [0.717, 1.165) is 16.7 Å². The van der Waals surface area contributed by atoms with Gasteiger partial charge in [0.05, 0.1) is 11.1 Å². The Morgan fingerprint density at radius 1 is 0.970 bits per heavy atom. The van der Waals surface area contributed by atoms with Crippen molar-refractivity contribution in [3.8, 4) is 16.9 Å². The Morgan fingerprint density at radius 2 is 1.64 bits per heavy atom. The monoisotopic (exact) mass is 461 g/mol. The highest BCUT2D eigenvalue weighted by molar-refractivity contribution is 7.89. The number of primary sulfonamides is 1. The van der Waals surface area contributed by atoms with E-state index in [2.05, 4.69) is 5.10 Å². The number of benzene rings is 3. The number of carbonyl (C=O) groups is 1. The van der Waals surface area contributed by atoms with Crippen molar-refractivity contribution < 1.29 is 17.9 Å². The molecule has 4 rings (SSSR count). The first-order chi connectivity index (χ1) is 15.8. The molecule has 1 heterocycles. The maximum Gasteiger partial charge on any atom is 0.362 e. The standard InChI is InChI=1S/C25H23N3O4S/c1-18-7-9-20(10-8-18)23-17-27-28(16-15-19-5-3-2-4-6-19)24(23)25(29)32-21-11-13-22(14-12-21)33(26,30)31/h2-14,17H,15-16H2,1H3,(H2,26,30,31). The second-order valence-electron chi connectivity index (χ2n) is 7.64. The molecule has 0 aliphatic heterocycles. The van der Waals surface area contributed by atoms with Crippen LogP contribution in [0.3, 0.4) is 0 Å². The molecule has 0 bridgehead atoms. The van der Waals surface area contributed by atoms with Gasteiger partial charge in [-0.3, -0.25) is 4.68 Å². The molecule has 0 saturated carbocycles. The number of ether oxygens (including phenoxy) is 1. The van der Waals surface area contributed by atoms with Crippen molar-refractivity contribution in [3.63, 3.8) is 0 Å². The number of nitrogens with two attached hydrogens (primary N) is 1. The molecule has 33 heavy (non-hydrogen) atoms. The lowest BCUT2D eigenvalue weighted by atomic mass is 10.0. The summed E-state index contributed by atoms with van der Waals surface area (Å²) < 4.78 is 30.2. The summed E-state index contributed by atoms with van der Waals surface area (Å²) in [6.45, 7) is 2.48. The van der Waals surface area contributed by atoms with Crippen LogP contribution in [0.4, 0.5) is 0 Å².